The van der Waals surface area contributed by atoms with Crippen LogP contribution in [0.5, 0.6) is 0 Å². The Balaban J connectivity index is 2.10. The average Bonchev–Trinajstić information content (AvgIpc) is 2.79. The van der Waals surface area contributed by atoms with Gasteiger partial charge in [-0.3, -0.25) is 4.79 Å². The Morgan fingerprint density at radius 3 is 2.84 bits per heavy atom. The van der Waals surface area contributed by atoms with E-state index in [4.69, 9.17) is 0 Å². The highest BCUT2D eigenvalue weighted by molar-refractivity contribution is 7.80. The Kier molecular flexibility index (Phi) is 4.21. The first-order chi connectivity index (χ1) is 8.97. The van der Waals surface area contributed by atoms with Gasteiger partial charge in [0.25, 0.3) is 5.91 Å². The highest BCUT2D eigenvalue weighted by atomic mass is 32.1. The lowest BCUT2D eigenvalue weighted by Crippen LogP contribution is -2.26. The normalized spacial score (nSPS) is 12.2. The van der Waals surface area contributed by atoms with E-state index >= 15 is 0 Å². The van der Waals surface area contributed by atoms with Gasteiger partial charge in [-0.2, -0.15) is 0 Å². The zero-order valence-electron chi connectivity index (χ0n) is 10.5. The Morgan fingerprint density at radius 1 is 1.53 bits per heavy atom. The number of nitrogens with one attached hydrogen (secondary N) is 1. The lowest BCUT2D eigenvalue weighted by Gasteiger charge is -2.11. The first-order valence-corrected chi connectivity index (χ1v) is 7.01. The van der Waals surface area contributed by atoms with Gasteiger partial charge in [-0.25, -0.2) is 9.37 Å². The Bertz CT molecular complexity index is 612. The van der Waals surface area contributed by atoms with E-state index in [1.807, 2.05) is 19.2 Å². The second kappa shape index (κ2) is 5.71. The molecule has 0 saturated carbocycles. The number of thiazole rings is 1. The first-order valence-electron chi connectivity index (χ1n) is 5.69. The van der Waals surface area contributed by atoms with Crippen molar-refractivity contribution in [1.82, 2.24) is 10.3 Å². The molecule has 0 aliphatic rings. The number of rotatable bonds is 3. The van der Waals surface area contributed by atoms with Crippen LogP contribution in [0, 0.1) is 12.7 Å². The largest absolute Gasteiger partial charge is 0.343 e. The molecule has 2 rings (SSSR count). The number of benzene rings is 1. The molecule has 1 N–H and O–H groups in total. The number of nitrogens with zero attached hydrogens (tertiary/aromatic N) is 1. The van der Waals surface area contributed by atoms with Gasteiger partial charge in [-0.1, -0.05) is 0 Å². The Labute approximate surface area is 120 Å². The predicted molar refractivity (Wildman–Crippen MR) is 76.4 cm³/mol. The molecule has 0 aliphatic heterocycles. The van der Waals surface area contributed by atoms with Crippen LogP contribution in [-0.2, 0) is 0 Å². The lowest BCUT2D eigenvalue weighted by molar-refractivity contribution is 0.0939. The van der Waals surface area contributed by atoms with Crippen molar-refractivity contribution >= 4 is 29.9 Å². The smallest absolute Gasteiger partial charge is 0.251 e. The molecule has 19 heavy (non-hydrogen) atoms. The molecular weight excluding hydrogens is 283 g/mol. The molecule has 1 amide bonds. The van der Waals surface area contributed by atoms with Crippen LogP contribution < -0.4 is 5.32 Å². The summed E-state index contributed by atoms with van der Waals surface area (Å²) in [6.45, 7) is 3.77. The van der Waals surface area contributed by atoms with Crippen molar-refractivity contribution in [2.24, 2.45) is 0 Å². The van der Waals surface area contributed by atoms with Crippen LogP contribution in [0.4, 0.5) is 4.39 Å². The minimum absolute atomic E-state index is 0.158. The maximum Gasteiger partial charge on any atom is 0.251 e. The van der Waals surface area contributed by atoms with Crippen molar-refractivity contribution in [2.45, 2.75) is 24.8 Å². The fourth-order valence-corrected chi connectivity index (χ4v) is 2.58. The summed E-state index contributed by atoms with van der Waals surface area (Å²) in [5, 5.41) is 5.60. The Morgan fingerprint density at radius 2 is 2.26 bits per heavy atom. The molecular formula is C13H13FN2OS2. The summed E-state index contributed by atoms with van der Waals surface area (Å²) in [5.74, 6) is -0.709. The van der Waals surface area contributed by atoms with E-state index < -0.39 is 5.82 Å². The highest BCUT2D eigenvalue weighted by Crippen LogP contribution is 2.19. The number of carbonyl (C=O) groups is 1. The van der Waals surface area contributed by atoms with Crippen LogP contribution in [0.15, 0.2) is 28.5 Å². The van der Waals surface area contributed by atoms with E-state index in [0.717, 1.165) is 10.7 Å². The standard InChI is InChI=1S/C13H13FN2OS2/c1-7-6-19-13(15-7)8(2)16-12(17)9-3-4-10(14)11(18)5-9/h3-6,8,18H,1-2H3,(H,16,17). The summed E-state index contributed by atoms with van der Waals surface area (Å²) in [7, 11) is 0. The fourth-order valence-electron chi connectivity index (χ4n) is 1.57. The minimum atomic E-state index is -0.441. The number of carbonyl (C=O) groups excluding carboxylic acids is 1. The van der Waals surface area contributed by atoms with Crippen LogP contribution in [0.1, 0.15) is 34.0 Å². The zero-order valence-corrected chi connectivity index (χ0v) is 12.2. The molecule has 1 aromatic carbocycles. The third-order valence-electron chi connectivity index (χ3n) is 2.56. The van der Waals surface area contributed by atoms with Gasteiger partial charge in [0, 0.05) is 21.5 Å². The predicted octanol–water partition coefficient (Wildman–Crippen LogP) is 3.37. The summed E-state index contributed by atoms with van der Waals surface area (Å²) >= 11 is 5.46. The SMILES string of the molecule is Cc1csc(C(C)NC(=O)c2ccc(F)c(S)c2)n1. The number of amides is 1. The van der Waals surface area contributed by atoms with Crippen LogP contribution in [0.2, 0.25) is 0 Å². The molecule has 1 aromatic heterocycles. The van der Waals surface area contributed by atoms with Gasteiger partial charge in [0.2, 0.25) is 0 Å². The molecule has 100 valence electrons. The number of hydrogen-bond donors (Lipinski definition) is 2. The summed E-state index contributed by atoms with van der Waals surface area (Å²) in [4.78, 5) is 16.5. The van der Waals surface area contributed by atoms with Gasteiger partial charge in [0.05, 0.1) is 6.04 Å². The molecule has 0 aliphatic carbocycles. The van der Waals surface area contributed by atoms with Gasteiger partial charge in [-0.05, 0) is 32.0 Å². The van der Waals surface area contributed by atoms with Crippen molar-refractivity contribution < 1.29 is 9.18 Å². The first kappa shape index (κ1) is 14.0. The molecule has 0 bridgehead atoms. The number of thiol groups is 1. The molecule has 0 saturated heterocycles. The summed E-state index contributed by atoms with van der Waals surface area (Å²) in [6.07, 6.45) is 0. The number of hydrogen-bond acceptors (Lipinski definition) is 4. The molecule has 1 unspecified atom stereocenters. The molecule has 2 aromatic rings. The molecule has 6 heteroatoms. The molecule has 0 spiro atoms. The summed E-state index contributed by atoms with van der Waals surface area (Å²) < 4.78 is 13.1. The van der Waals surface area contributed by atoms with E-state index in [9.17, 15) is 9.18 Å². The quantitative estimate of drug-likeness (QED) is 0.853. The molecule has 0 fully saturated rings. The van der Waals surface area contributed by atoms with E-state index in [2.05, 4.69) is 22.9 Å². The van der Waals surface area contributed by atoms with E-state index in [0.29, 0.717) is 5.56 Å². The maximum absolute atomic E-state index is 13.1. The topological polar surface area (TPSA) is 42.0 Å². The van der Waals surface area contributed by atoms with Crippen LogP contribution in [0.3, 0.4) is 0 Å². The highest BCUT2D eigenvalue weighted by Gasteiger charge is 2.14. The van der Waals surface area contributed by atoms with Crippen LogP contribution in [-0.4, -0.2) is 10.9 Å². The summed E-state index contributed by atoms with van der Waals surface area (Å²) in [5.41, 5.74) is 1.31. The van der Waals surface area contributed by atoms with Gasteiger partial charge < -0.3 is 5.32 Å². The van der Waals surface area contributed by atoms with Gasteiger partial charge in [-0.15, -0.1) is 24.0 Å². The monoisotopic (exact) mass is 296 g/mol. The van der Waals surface area contributed by atoms with E-state index in [-0.39, 0.29) is 16.8 Å². The number of aromatic nitrogens is 1. The zero-order chi connectivity index (χ0) is 14.0. The number of aryl methyl sites for hydroxylation is 1. The van der Waals surface area contributed by atoms with Crippen molar-refractivity contribution in [2.75, 3.05) is 0 Å². The number of halogens is 1. The maximum atomic E-state index is 13.1. The van der Waals surface area contributed by atoms with Crippen LogP contribution in [0.25, 0.3) is 0 Å². The third-order valence-corrected chi connectivity index (χ3v) is 4.05. The van der Waals surface area contributed by atoms with Crippen molar-refractivity contribution in [1.29, 1.82) is 0 Å². The van der Waals surface area contributed by atoms with Crippen molar-refractivity contribution in [3.05, 3.63) is 45.7 Å². The Hall–Kier alpha value is -1.40. The van der Waals surface area contributed by atoms with Crippen molar-refractivity contribution in [3.63, 3.8) is 0 Å². The average molecular weight is 296 g/mol. The summed E-state index contributed by atoms with van der Waals surface area (Å²) in [6, 6.07) is 3.90. The van der Waals surface area contributed by atoms with Crippen molar-refractivity contribution in [3.8, 4) is 0 Å². The fraction of sp³-hybridized carbons (Fsp3) is 0.231. The molecule has 0 radical (unpaired) electrons. The second-order valence-electron chi connectivity index (χ2n) is 4.19. The second-order valence-corrected chi connectivity index (χ2v) is 5.56. The molecule has 1 atom stereocenters. The van der Waals surface area contributed by atoms with E-state index in [1.165, 1.54) is 29.5 Å². The lowest BCUT2D eigenvalue weighted by atomic mass is 10.2. The third kappa shape index (κ3) is 3.33. The molecule has 1 heterocycles. The van der Waals surface area contributed by atoms with Crippen LogP contribution >= 0.6 is 24.0 Å². The van der Waals surface area contributed by atoms with Gasteiger partial charge in [0.15, 0.2) is 0 Å². The van der Waals surface area contributed by atoms with E-state index in [1.54, 1.807) is 0 Å². The minimum Gasteiger partial charge on any atom is -0.343 e. The molecule has 3 nitrogen and oxygen atoms in total. The van der Waals surface area contributed by atoms with Gasteiger partial charge in [0.1, 0.15) is 10.8 Å². The van der Waals surface area contributed by atoms with Gasteiger partial charge >= 0.3 is 0 Å².